The molecular weight excluding hydrogens is 464 g/mol. The molecule has 0 rings (SSSR count). The number of nitrogens with zero attached hydrogens (tertiary/aromatic N) is 10. The monoisotopic (exact) mass is 525 g/mol. The van der Waals surface area contributed by atoms with Crippen molar-refractivity contribution in [1.82, 2.24) is 34.3 Å². The van der Waals surface area contributed by atoms with E-state index in [0.29, 0.717) is 0 Å². The molecule has 0 fully saturated rings. The van der Waals surface area contributed by atoms with Crippen molar-refractivity contribution >= 4 is 17.9 Å². The fraction of sp³-hybridized carbons (Fsp3) is 0.889. The number of rotatable bonds is 15. The van der Waals surface area contributed by atoms with E-state index >= 15 is 0 Å². The van der Waals surface area contributed by atoms with Crippen molar-refractivity contribution in [3.05, 3.63) is 0 Å². The molecule has 10 nitrogen and oxygen atoms in total. The van der Waals surface area contributed by atoms with E-state index in [1.54, 1.807) is 0 Å². The zero-order chi connectivity index (χ0) is 28.4. The average molecular weight is 525 g/mol. The van der Waals surface area contributed by atoms with Crippen molar-refractivity contribution in [1.29, 1.82) is 0 Å². The Kier molecular flexibility index (Phi) is 18.6. The van der Waals surface area contributed by atoms with Crippen LogP contribution in [0.5, 0.6) is 0 Å². The van der Waals surface area contributed by atoms with Gasteiger partial charge in [-0.25, -0.2) is 0 Å². The Hall–Kier alpha value is -2.23. The van der Waals surface area contributed by atoms with E-state index in [2.05, 4.69) is 118 Å². The summed E-state index contributed by atoms with van der Waals surface area (Å²) in [5.41, 5.74) is 0. The summed E-state index contributed by atoms with van der Waals surface area (Å²) in [4.78, 5) is 30.7. The van der Waals surface area contributed by atoms with E-state index in [1.165, 1.54) is 0 Å². The largest absolute Gasteiger partial charge is 0.346 e. The second-order valence-corrected chi connectivity index (χ2v) is 9.47. The molecule has 0 bridgehead atoms. The van der Waals surface area contributed by atoms with Gasteiger partial charge in [-0.2, -0.15) is 0 Å². The Labute approximate surface area is 229 Å². The highest BCUT2D eigenvalue weighted by molar-refractivity contribution is 5.80. The second-order valence-electron chi connectivity index (χ2n) is 9.47. The topological polar surface area (TPSA) is 59.8 Å². The summed E-state index contributed by atoms with van der Waals surface area (Å²) in [5.74, 6) is 3.15. The van der Waals surface area contributed by atoms with Gasteiger partial charge in [0.15, 0.2) is 17.9 Å². The predicted octanol–water partition coefficient (Wildman–Crippen LogP) is 2.07. The first-order chi connectivity index (χ1) is 17.6. The first-order valence-electron chi connectivity index (χ1n) is 14.2. The molecule has 0 aliphatic carbocycles. The number of guanidine groups is 3. The Bertz CT molecular complexity index is 552. The van der Waals surface area contributed by atoms with Gasteiger partial charge in [-0.1, -0.05) is 0 Å². The van der Waals surface area contributed by atoms with Gasteiger partial charge in [-0.15, -0.1) is 0 Å². The number of aliphatic imine (C=N–C) groups is 3. The quantitative estimate of drug-likeness (QED) is 0.240. The molecule has 218 valence electrons. The van der Waals surface area contributed by atoms with E-state index in [-0.39, 0.29) is 0 Å². The molecule has 0 amide bonds. The van der Waals surface area contributed by atoms with Crippen molar-refractivity contribution in [2.75, 3.05) is 121 Å². The van der Waals surface area contributed by atoms with Gasteiger partial charge in [0.1, 0.15) is 0 Å². The number of hydrogen-bond acceptors (Lipinski definition) is 4. The predicted molar refractivity (Wildman–Crippen MR) is 163 cm³/mol. The highest BCUT2D eigenvalue weighted by Crippen LogP contribution is 2.00. The molecule has 0 atom stereocenters. The minimum Gasteiger partial charge on any atom is -0.346 e. The van der Waals surface area contributed by atoms with Crippen LogP contribution in [0.2, 0.25) is 0 Å². The van der Waals surface area contributed by atoms with Gasteiger partial charge >= 0.3 is 0 Å². The minimum atomic E-state index is 0.755. The molecule has 0 radical (unpaired) electrons. The fourth-order valence-corrected chi connectivity index (χ4v) is 3.66. The van der Waals surface area contributed by atoms with E-state index in [9.17, 15) is 0 Å². The van der Waals surface area contributed by atoms with Crippen LogP contribution in [-0.2, 0) is 0 Å². The zero-order valence-corrected chi connectivity index (χ0v) is 26.5. The summed E-state index contributed by atoms with van der Waals surface area (Å²) in [6, 6.07) is 0. The Balaban J connectivity index is 5.64. The number of hydrogen-bond donors (Lipinski definition) is 0. The van der Waals surface area contributed by atoms with Gasteiger partial charge in [-0.3, -0.25) is 19.9 Å². The first-order valence-corrected chi connectivity index (χ1v) is 14.2. The summed E-state index contributed by atoms with van der Waals surface area (Å²) in [6.07, 6.45) is 0. The molecule has 0 aromatic carbocycles. The van der Waals surface area contributed by atoms with E-state index in [1.807, 2.05) is 0 Å². The molecule has 0 saturated carbocycles. The van der Waals surface area contributed by atoms with Crippen LogP contribution >= 0.6 is 0 Å². The van der Waals surface area contributed by atoms with Gasteiger partial charge in [0.2, 0.25) is 0 Å². The van der Waals surface area contributed by atoms with Crippen LogP contribution in [0.25, 0.3) is 0 Å². The van der Waals surface area contributed by atoms with Gasteiger partial charge in [-0.05, 0) is 41.5 Å². The van der Waals surface area contributed by atoms with Crippen LogP contribution in [0.4, 0.5) is 0 Å². The Morgan fingerprint density at radius 1 is 0.378 bits per heavy atom. The van der Waals surface area contributed by atoms with Crippen LogP contribution in [0.1, 0.15) is 41.5 Å². The molecule has 0 heterocycles. The molecule has 0 aromatic heterocycles. The lowest BCUT2D eigenvalue weighted by molar-refractivity contribution is 0.293. The van der Waals surface area contributed by atoms with Crippen LogP contribution < -0.4 is 0 Å². The molecule has 0 aliphatic heterocycles. The highest BCUT2D eigenvalue weighted by Gasteiger charge is 2.13. The van der Waals surface area contributed by atoms with Crippen LogP contribution in [0.15, 0.2) is 15.0 Å². The molecule has 0 aliphatic rings. The minimum absolute atomic E-state index is 0.755. The lowest BCUT2D eigenvalue weighted by atomic mass is 10.4. The van der Waals surface area contributed by atoms with Crippen molar-refractivity contribution in [3.63, 3.8) is 0 Å². The standard InChI is InChI=1S/C27H60N10/c1-13-31(7)25(32(8)14-2)28-19-22-37(23-20-29-26(33(9)15-3)34(10)16-4)24-21-30-27(35(11)17-5)36(12)18-6/h13-24H2,1-12H3. The van der Waals surface area contributed by atoms with Crippen molar-refractivity contribution < 1.29 is 0 Å². The molecular formula is C27H60N10. The smallest absolute Gasteiger partial charge is 0.196 e. The first kappa shape index (κ1) is 34.8. The summed E-state index contributed by atoms with van der Waals surface area (Å²) >= 11 is 0. The van der Waals surface area contributed by atoms with Gasteiger partial charge in [0.05, 0.1) is 19.6 Å². The molecule has 10 heteroatoms. The molecule has 0 N–H and O–H groups in total. The highest BCUT2D eigenvalue weighted by atomic mass is 15.4. The zero-order valence-electron chi connectivity index (χ0n) is 26.5. The van der Waals surface area contributed by atoms with Crippen LogP contribution in [0, 0.1) is 0 Å². The van der Waals surface area contributed by atoms with Gasteiger partial charge < -0.3 is 29.4 Å². The van der Waals surface area contributed by atoms with E-state index < -0.39 is 0 Å². The lowest BCUT2D eigenvalue weighted by Crippen LogP contribution is -2.42. The van der Waals surface area contributed by atoms with E-state index in [4.69, 9.17) is 15.0 Å². The third-order valence-corrected chi connectivity index (χ3v) is 6.90. The van der Waals surface area contributed by atoms with Crippen LogP contribution in [0.3, 0.4) is 0 Å². The molecule has 0 unspecified atom stereocenters. The van der Waals surface area contributed by atoms with Crippen molar-refractivity contribution in [2.45, 2.75) is 41.5 Å². The Morgan fingerprint density at radius 2 is 0.568 bits per heavy atom. The molecule has 0 spiro atoms. The van der Waals surface area contributed by atoms with Crippen LogP contribution in [-0.4, -0.2) is 173 Å². The third kappa shape index (κ3) is 12.7. The lowest BCUT2D eigenvalue weighted by Gasteiger charge is -2.29. The molecule has 0 saturated heterocycles. The van der Waals surface area contributed by atoms with E-state index in [0.717, 1.165) is 96.4 Å². The van der Waals surface area contributed by atoms with Gasteiger partial charge in [0.25, 0.3) is 0 Å². The maximum Gasteiger partial charge on any atom is 0.196 e. The van der Waals surface area contributed by atoms with Crippen molar-refractivity contribution in [3.8, 4) is 0 Å². The third-order valence-electron chi connectivity index (χ3n) is 6.90. The normalized spacial score (nSPS) is 10.6. The average Bonchev–Trinajstić information content (AvgIpc) is 2.92. The maximum atomic E-state index is 4.98. The maximum absolute atomic E-state index is 4.98. The molecule has 0 aromatic rings. The fourth-order valence-electron chi connectivity index (χ4n) is 3.66. The second kappa shape index (κ2) is 19.8. The SMILES string of the molecule is CCN(C)C(=NCCN(CCN=C(N(C)CC)N(C)CC)CCN=C(N(C)CC)N(C)CC)N(C)CC. The summed E-state index contributed by atoms with van der Waals surface area (Å²) in [5, 5.41) is 0. The summed E-state index contributed by atoms with van der Waals surface area (Å²) < 4.78 is 0. The van der Waals surface area contributed by atoms with Gasteiger partial charge in [0, 0.05) is 101 Å². The van der Waals surface area contributed by atoms with Crippen molar-refractivity contribution in [2.24, 2.45) is 15.0 Å². The summed E-state index contributed by atoms with van der Waals surface area (Å²) in [6.45, 7) is 23.5. The Morgan fingerprint density at radius 3 is 0.730 bits per heavy atom. The molecule has 37 heavy (non-hydrogen) atoms. The summed E-state index contributed by atoms with van der Waals surface area (Å²) in [7, 11) is 12.7.